The van der Waals surface area contributed by atoms with Crippen LogP contribution in [0.4, 0.5) is 14.5 Å². The molecule has 0 aromatic heterocycles. The molecule has 0 heterocycles. The molecule has 1 rings (SSSR count). The SMILES string of the molecule is COC(=O)CN(C(=O)c1cc(F)c(F)cc1N)C(C)C. The van der Waals surface area contributed by atoms with Crippen LogP contribution >= 0.6 is 0 Å². The Labute approximate surface area is 115 Å². The highest BCUT2D eigenvalue weighted by atomic mass is 19.2. The number of benzene rings is 1. The first-order valence-electron chi connectivity index (χ1n) is 5.90. The van der Waals surface area contributed by atoms with Crippen LogP contribution in [0.15, 0.2) is 12.1 Å². The number of hydrogen-bond donors (Lipinski definition) is 1. The van der Waals surface area contributed by atoms with Crippen molar-refractivity contribution < 1.29 is 23.1 Å². The van der Waals surface area contributed by atoms with E-state index in [9.17, 15) is 18.4 Å². The first-order valence-corrected chi connectivity index (χ1v) is 5.90. The van der Waals surface area contributed by atoms with Crippen LogP contribution < -0.4 is 5.73 Å². The highest BCUT2D eigenvalue weighted by molar-refractivity contribution is 6.00. The number of carbonyl (C=O) groups is 2. The number of hydrogen-bond acceptors (Lipinski definition) is 4. The Kier molecular flexibility index (Phi) is 5.01. The van der Waals surface area contributed by atoms with Crippen molar-refractivity contribution in [3.63, 3.8) is 0 Å². The lowest BCUT2D eigenvalue weighted by Gasteiger charge is -2.26. The molecule has 0 atom stereocenters. The number of nitrogen functional groups attached to an aromatic ring is 1. The Balaban J connectivity index is 3.13. The van der Waals surface area contributed by atoms with Gasteiger partial charge >= 0.3 is 5.97 Å². The van der Waals surface area contributed by atoms with Crippen molar-refractivity contribution in [3.05, 3.63) is 29.3 Å². The first kappa shape index (κ1) is 15.9. The van der Waals surface area contributed by atoms with Gasteiger partial charge in [0.1, 0.15) is 6.54 Å². The van der Waals surface area contributed by atoms with Crippen LogP contribution in [0.3, 0.4) is 0 Å². The molecule has 0 bridgehead atoms. The van der Waals surface area contributed by atoms with Crippen molar-refractivity contribution in [1.29, 1.82) is 0 Å². The van der Waals surface area contributed by atoms with E-state index in [2.05, 4.69) is 4.74 Å². The third kappa shape index (κ3) is 3.43. The maximum Gasteiger partial charge on any atom is 0.325 e. The van der Waals surface area contributed by atoms with E-state index in [1.807, 2.05) is 0 Å². The fraction of sp³-hybridized carbons (Fsp3) is 0.385. The number of halogens is 2. The van der Waals surface area contributed by atoms with Gasteiger partial charge in [-0.3, -0.25) is 9.59 Å². The van der Waals surface area contributed by atoms with Crippen LogP contribution in [0.25, 0.3) is 0 Å². The van der Waals surface area contributed by atoms with Gasteiger partial charge in [0, 0.05) is 17.8 Å². The number of nitrogens with zero attached hydrogens (tertiary/aromatic N) is 1. The minimum absolute atomic E-state index is 0.190. The van der Waals surface area contributed by atoms with Crippen LogP contribution in [0.5, 0.6) is 0 Å². The predicted molar refractivity (Wildman–Crippen MR) is 69.0 cm³/mol. The van der Waals surface area contributed by atoms with Crippen LogP contribution in [-0.2, 0) is 9.53 Å². The molecule has 0 saturated carbocycles. The van der Waals surface area contributed by atoms with Crippen LogP contribution in [-0.4, -0.2) is 36.5 Å². The molecule has 0 unspecified atom stereocenters. The van der Waals surface area contributed by atoms with E-state index < -0.39 is 23.5 Å². The lowest BCUT2D eigenvalue weighted by atomic mass is 10.1. The molecule has 0 spiro atoms. The summed E-state index contributed by atoms with van der Waals surface area (Å²) in [6, 6.07) is 1.12. The van der Waals surface area contributed by atoms with Gasteiger partial charge in [0.05, 0.1) is 12.7 Å². The number of rotatable bonds is 4. The zero-order chi connectivity index (χ0) is 15.4. The van der Waals surface area contributed by atoms with Gasteiger partial charge in [0.15, 0.2) is 11.6 Å². The second-order valence-electron chi connectivity index (χ2n) is 4.46. The van der Waals surface area contributed by atoms with E-state index >= 15 is 0 Å². The monoisotopic (exact) mass is 286 g/mol. The van der Waals surface area contributed by atoms with Crippen LogP contribution in [0, 0.1) is 11.6 Å². The maximum absolute atomic E-state index is 13.2. The smallest absolute Gasteiger partial charge is 0.325 e. The third-order valence-corrected chi connectivity index (χ3v) is 2.73. The number of amides is 1. The summed E-state index contributed by atoms with van der Waals surface area (Å²) in [6.45, 7) is 3.05. The lowest BCUT2D eigenvalue weighted by Crippen LogP contribution is -2.41. The average molecular weight is 286 g/mol. The Bertz CT molecular complexity index is 533. The highest BCUT2D eigenvalue weighted by Gasteiger charge is 2.24. The summed E-state index contributed by atoms with van der Waals surface area (Å²) in [5.74, 6) is -3.59. The van der Waals surface area contributed by atoms with Gasteiger partial charge in [0.25, 0.3) is 5.91 Å². The summed E-state index contributed by atoms with van der Waals surface area (Å²) < 4.78 is 30.7. The quantitative estimate of drug-likeness (QED) is 0.673. The number of ether oxygens (including phenoxy) is 1. The number of nitrogens with two attached hydrogens (primary N) is 1. The number of esters is 1. The molecule has 1 aromatic carbocycles. The minimum atomic E-state index is -1.18. The molecular formula is C13H16F2N2O3. The van der Waals surface area contributed by atoms with Gasteiger partial charge < -0.3 is 15.4 Å². The second-order valence-corrected chi connectivity index (χ2v) is 4.46. The summed E-state index contributed by atoms with van der Waals surface area (Å²) >= 11 is 0. The second kappa shape index (κ2) is 6.31. The number of carbonyl (C=O) groups excluding carboxylic acids is 2. The van der Waals surface area contributed by atoms with E-state index in [0.717, 1.165) is 17.0 Å². The van der Waals surface area contributed by atoms with Gasteiger partial charge in [-0.1, -0.05) is 0 Å². The van der Waals surface area contributed by atoms with E-state index in [4.69, 9.17) is 5.73 Å². The Morgan fingerprint density at radius 3 is 2.35 bits per heavy atom. The molecule has 0 aliphatic heterocycles. The van der Waals surface area contributed by atoms with E-state index in [1.54, 1.807) is 13.8 Å². The van der Waals surface area contributed by atoms with Gasteiger partial charge in [-0.2, -0.15) is 0 Å². The molecular weight excluding hydrogens is 270 g/mol. The van der Waals surface area contributed by atoms with Crippen molar-refractivity contribution in [2.75, 3.05) is 19.4 Å². The Morgan fingerprint density at radius 2 is 1.85 bits per heavy atom. The van der Waals surface area contributed by atoms with Gasteiger partial charge in [-0.15, -0.1) is 0 Å². The lowest BCUT2D eigenvalue weighted by molar-refractivity contribution is -0.141. The fourth-order valence-electron chi connectivity index (χ4n) is 1.59. The standard InChI is InChI=1S/C13H16F2N2O3/c1-7(2)17(6-12(18)20-3)13(19)8-4-9(14)10(15)5-11(8)16/h4-5,7H,6,16H2,1-3H3. The van der Waals surface area contributed by atoms with Gasteiger partial charge in [-0.05, 0) is 19.9 Å². The Morgan fingerprint density at radius 1 is 1.30 bits per heavy atom. The zero-order valence-electron chi connectivity index (χ0n) is 11.4. The minimum Gasteiger partial charge on any atom is -0.468 e. The predicted octanol–water partition coefficient (Wildman–Crippen LogP) is 1.57. The summed E-state index contributed by atoms with van der Waals surface area (Å²) in [5.41, 5.74) is 5.14. The van der Waals surface area contributed by atoms with Crippen molar-refractivity contribution in [3.8, 4) is 0 Å². The molecule has 0 aliphatic rings. The fourth-order valence-corrected chi connectivity index (χ4v) is 1.59. The zero-order valence-corrected chi connectivity index (χ0v) is 11.4. The van der Waals surface area contributed by atoms with Crippen molar-refractivity contribution >= 4 is 17.6 Å². The topological polar surface area (TPSA) is 72.6 Å². The molecule has 0 radical (unpaired) electrons. The van der Waals surface area contributed by atoms with Gasteiger partial charge in [-0.25, -0.2) is 8.78 Å². The molecule has 0 fully saturated rings. The highest BCUT2D eigenvalue weighted by Crippen LogP contribution is 2.20. The molecule has 20 heavy (non-hydrogen) atoms. The summed E-state index contributed by atoms with van der Waals surface area (Å²) in [7, 11) is 1.19. The van der Waals surface area contributed by atoms with E-state index in [-0.39, 0.29) is 23.8 Å². The summed E-state index contributed by atoms with van der Waals surface area (Å²) in [5, 5.41) is 0. The molecule has 1 amide bonds. The first-order chi connectivity index (χ1) is 9.27. The largest absolute Gasteiger partial charge is 0.468 e. The maximum atomic E-state index is 13.2. The molecule has 1 aromatic rings. The molecule has 110 valence electrons. The van der Waals surface area contributed by atoms with Crippen molar-refractivity contribution in [1.82, 2.24) is 4.90 Å². The van der Waals surface area contributed by atoms with E-state index in [0.29, 0.717) is 0 Å². The molecule has 0 saturated heterocycles. The summed E-state index contributed by atoms with van der Waals surface area (Å²) in [4.78, 5) is 24.7. The Hall–Kier alpha value is -2.18. The van der Waals surface area contributed by atoms with Crippen molar-refractivity contribution in [2.45, 2.75) is 19.9 Å². The van der Waals surface area contributed by atoms with E-state index in [1.165, 1.54) is 7.11 Å². The number of anilines is 1. The number of methoxy groups -OCH3 is 1. The van der Waals surface area contributed by atoms with Crippen molar-refractivity contribution in [2.24, 2.45) is 0 Å². The normalized spacial score (nSPS) is 10.5. The molecule has 5 nitrogen and oxygen atoms in total. The molecule has 2 N–H and O–H groups in total. The average Bonchev–Trinajstić information content (AvgIpc) is 2.38. The molecule has 7 heteroatoms. The van der Waals surface area contributed by atoms with Gasteiger partial charge in [0.2, 0.25) is 0 Å². The molecule has 0 aliphatic carbocycles. The third-order valence-electron chi connectivity index (χ3n) is 2.73. The van der Waals surface area contributed by atoms with Crippen LogP contribution in [0.1, 0.15) is 24.2 Å². The summed E-state index contributed by atoms with van der Waals surface area (Å²) in [6.07, 6.45) is 0. The van der Waals surface area contributed by atoms with Crippen LogP contribution in [0.2, 0.25) is 0 Å².